The largest absolute Gasteiger partial charge is 0.324 e. The number of likely N-dealkylation sites (N-methyl/N-ethyl adjacent to an activating group) is 1. The van der Waals surface area contributed by atoms with Crippen molar-refractivity contribution >= 4 is 22.7 Å². The highest BCUT2D eigenvalue weighted by Gasteiger charge is 2.31. The highest BCUT2D eigenvalue weighted by Crippen LogP contribution is 2.34. The summed E-state index contributed by atoms with van der Waals surface area (Å²) in [6.45, 7) is 12.3. The molecule has 10 nitrogen and oxygen atoms in total. The first-order valence-corrected chi connectivity index (χ1v) is 13.0. The SMILES string of the molecule is C=CCn1c(=O)c2cnc(Nc3ccc(C4(C)CCCN(C)C4)cc3)nc2n1-c1ccc(=O)n(C(C)C)n1. The molecule has 4 aromatic rings. The molecule has 1 aliphatic rings. The number of aromatic nitrogens is 6. The van der Waals surface area contributed by atoms with Crippen molar-refractivity contribution in [1.82, 2.24) is 34.0 Å². The number of hydrogen-bond donors (Lipinski definition) is 1. The summed E-state index contributed by atoms with van der Waals surface area (Å²) in [5, 5.41) is 8.14. The zero-order valence-electron chi connectivity index (χ0n) is 22.4. The van der Waals surface area contributed by atoms with Gasteiger partial charge in [0.2, 0.25) is 5.95 Å². The standard InChI is InChI=1S/C28H34N8O2/c1-6-15-34-26(38)22-17-29-27(31-25(22)36(34)23-12-13-24(37)35(32-23)19(2)3)30-21-10-8-20(9-11-21)28(4)14-7-16-33(5)18-28/h6,8-13,17,19H,1,7,14-16,18H2,2-5H3,(H,29,30,31). The lowest BCUT2D eigenvalue weighted by atomic mass is 9.76. The highest BCUT2D eigenvalue weighted by molar-refractivity contribution is 5.77. The zero-order valence-corrected chi connectivity index (χ0v) is 22.4. The summed E-state index contributed by atoms with van der Waals surface area (Å²) < 4.78 is 4.49. The van der Waals surface area contributed by atoms with Crippen molar-refractivity contribution in [1.29, 1.82) is 0 Å². The molecule has 0 aliphatic carbocycles. The maximum atomic E-state index is 13.2. The van der Waals surface area contributed by atoms with Crippen molar-refractivity contribution in [3.8, 4) is 5.82 Å². The minimum Gasteiger partial charge on any atom is -0.324 e. The Labute approximate surface area is 221 Å². The fourth-order valence-electron chi connectivity index (χ4n) is 5.32. The third kappa shape index (κ3) is 4.67. The van der Waals surface area contributed by atoms with Gasteiger partial charge in [-0.05, 0) is 64.0 Å². The summed E-state index contributed by atoms with van der Waals surface area (Å²) in [5.41, 5.74) is 2.21. The average Bonchev–Trinajstić information content (AvgIpc) is 3.15. The number of anilines is 2. The van der Waals surface area contributed by atoms with E-state index in [-0.39, 0.29) is 29.1 Å². The number of benzene rings is 1. The number of piperidine rings is 1. The lowest BCUT2D eigenvalue weighted by Crippen LogP contribution is -2.42. The molecule has 3 aromatic heterocycles. The van der Waals surface area contributed by atoms with E-state index < -0.39 is 0 Å². The second-order valence-corrected chi connectivity index (χ2v) is 10.6. The van der Waals surface area contributed by atoms with Crippen LogP contribution in [-0.4, -0.2) is 54.1 Å². The van der Waals surface area contributed by atoms with Crippen LogP contribution < -0.4 is 16.4 Å². The van der Waals surface area contributed by atoms with E-state index >= 15 is 0 Å². The molecule has 4 heterocycles. The van der Waals surface area contributed by atoms with Gasteiger partial charge in [0.05, 0.1) is 12.6 Å². The summed E-state index contributed by atoms with van der Waals surface area (Å²) in [6.07, 6.45) is 5.52. The van der Waals surface area contributed by atoms with Crippen molar-refractivity contribution in [3.63, 3.8) is 0 Å². The molecule has 0 amide bonds. The molecule has 0 spiro atoms. The Morgan fingerprint density at radius 3 is 2.61 bits per heavy atom. The van der Waals surface area contributed by atoms with Gasteiger partial charge in [-0.15, -0.1) is 11.7 Å². The van der Waals surface area contributed by atoms with Crippen molar-refractivity contribution in [2.75, 3.05) is 25.5 Å². The molecule has 5 rings (SSSR count). The predicted octanol–water partition coefficient (Wildman–Crippen LogP) is 3.63. The molecular formula is C28H34N8O2. The number of hydrogen-bond acceptors (Lipinski definition) is 7. The molecule has 198 valence electrons. The van der Waals surface area contributed by atoms with E-state index in [9.17, 15) is 9.59 Å². The van der Waals surface area contributed by atoms with Crippen LogP contribution in [0.1, 0.15) is 45.2 Å². The Kier molecular flexibility index (Phi) is 6.75. The van der Waals surface area contributed by atoms with Gasteiger partial charge in [-0.3, -0.25) is 9.59 Å². The first kappa shape index (κ1) is 25.6. The first-order chi connectivity index (χ1) is 18.2. The van der Waals surface area contributed by atoms with Gasteiger partial charge in [0, 0.05) is 29.9 Å². The molecular weight excluding hydrogens is 480 g/mol. The fourth-order valence-corrected chi connectivity index (χ4v) is 5.32. The topological polar surface area (TPSA) is 103 Å². The summed E-state index contributed by atoms with van der Waals surface area (Å²) in [4.78, 5) is 37.0. The predicted molar refractivity (Wildman–Crippen MR) is 150 cm³/mol. The Morgan fingerprint density at radius 1 is 1.16 bits per heavy atom. The van der Waals surface area contributed by atoms with Crippen LogP contribution in [0.3, 0.4) is 0 Å². The number of allylic oxidation sites excluding steroid dienone is 1. The second kappa shape index (κ2) is 10.0. The number of fused-ring (bicyclic) bond motifs is 1. The monoisotopic (exact) mass is 514 g/mol. The molecule has 0 radical (unpaired) electrons. The quantitative estimate of drug-likeness (QED) is 0.376. The van der Waals surface area contributed by atoms with Gasteiger partial charge >= 0.3 is 0 Å². The van der Waals surface area contributed by atoms with Crippen LogP contribution in [0.25, 0.3) is 16.9 Å². The number of likely N-dealkylation sites (tertiary alicyclic amines) is 1. The van der Waals surface area contributed by atoms with Gasteiger partial charge in [-0.2, -0.15) is 4.98 Å². The minimum absolute atomic E-state index is 0.130. The molecule has 1 unspecified atom stereocenters. The molecule has 38 heavy (non-hydrogen) atoms. The van der Waals surface area contributed by atoms with E-state index in [2.05, 4.69) is 53.0 Å². The molecule has 1 fully saturated rings. The van der Waals surface area contributed by atoms with Crippen molar-refractivity contribution in [3.05, 3.63) is 81.5 Å². The van der Waals surface area contributed by atoms with Gasteiger partial charge in [0.1, 0.15) is 5.39 Å². The summed E-state index contributed by atoms with van der Waals surface area (Å²) in [5.74, 6) is 0.766. The van der Waals surface area contributed by atoms with Crippen LogP contribution >= 0.6 is 0 Å². The van der Waals surface area contributed by atoms with E-state index in [0.717, 1.165) is 18.8 Å². The van der Waals surface area contributed by atoms with Crippen LogP contribution in [0.2, 0.25) is 0 Å². The zero-order chi connectivity index (χ0) is 27.0. The smallest absolute Gasteiger partial charge is 0.278 e. The third-order valence-corrected chi connectivity index (χ3v) is 7.22. The molecule has 10 heteroatoms. The summed E-state index contributed by atoms with van der Waals surface area (Å²) >= 11 is 0. The van der Waals surface area contributed by atoms with Crippen LogP contribution in [0.4, 0.5) is 11.6 Å². The number of nitrogens with zero attached hydrogens (tertiary/aromatic N) is 7. The normalized spacial score (nSPS) is 18.2. The minimum atomic E-state index is -0.259. The molecule has 1 saturated heterocycles. The molecule has 0 bridgehead atoms. The molecule has 1 aliphatic heterocycles. The van der Waals surface area contributed by atoms with E-state index in [1.807, 2.05) is 26.0 Å². The Balaban J connectivity index is 1.53. The van der Waals surface area contributed by atoms with Gasteiger partial charge in [0.15, 0.2) is 11.5 Å². The van der Waals surface area contributed by atoms with Gasteiger partial charge in [-0.25, -0.2) is 19.0 Å². The highest BCUT2D eigenvalue weighted by atomic mass is 16.1. The molecule has 1 aromatic carbocycles. The first-order valence-electron chi connectivity index (χ1n) is 13.0. The lowest BCUT2D eigenvalue weighted by molar-refractivity contribution is 0.188. The third-order valence-electron chi connectivity index (χ3n) is 7.22. The fraction of sp³-hybridized carbons (Fsp3) is 0.393. The number of rotatable bonds is 7. The second-order valence-electron chi connectivity index (χ2n) is 10.6. The van der Waals surface area contributed by atoms with E-state index in [4.69, 9.17) is 4.98 Å². The van der Waals surface area contributed by atoms with Gasteiger partial charge in [-0.1, -0.05) is 25.1 Å². The van der Waals surface area contributed by atoms with Crippen molar-refractivity contribution in [2.45, 2.75) is 51.6 Å². The van der Waals surface area contributed by atoms with Gasteiger partial charge < -0.3 is 10.2 Å². The van der Waals surface area contributed by atoms with E-state index in [1.54, 1.807) is 16.8 Å². The van der Waals surface area contributed by atoms with Crippen molar-refractivity contribution < 1.29 is 0 Å². The van der Waals surface area contributed by atoms with Crippen LogP contribution in [0.5, 0.6) is 0 Å². The lowest BCUT2D eigenvalue weighted by Gasteiger charge is -2.39. The average molecular weight is 515 g/mol. The number of nitrogens with one attached hydrogen (secondary N) is 1. The molecule has 1 N–H and O–H groups in total. The Hall–Kier alpha value is -4.05. The Morgan fingerprint density at radius 2 is 1.92 bits per heavy atom. The summed E-state index contributed by atoms with van der Waals surface area (Å²) in [6, 6.07) is 11.3. The van der Waals surface area contributed by atoms with Crippen molar-refractivity contribution in [2.24, 2.45) is 0 Å². The maximum Gasteiger partial charge on any atom is 0.278 e. The molecule has 0 saturated carbocycles. The maximum absolute atomic E-state index is 13.2. The summed E-state index contributed by atoms with van der Waals surface area (Å²) in [7, 11) is 2.18. The van der Waals surface area contributed by atoms with E-state index in [0.29, 0.717) is 22.8 Å². The van der Waals surface area contributed by atoms with Crippen LogP contribution in [-0.2, 0) is 12.0 Å². The van der Waals surface area contributed by atoms with Crippen LogP contribution in [0, 0.1) is 0 Å². The molecule has 1 atom stereocenters. The Bertz CT molecular complexity index is 1600. The van der Waals surface area contributed by atoms with Crippen LogP contribution in [0.15, 0.2) is 64.8 Å². The van der Waals surface area contributed by atoms with E-state index in [1.165, 1.54) is 40.0 Å². The van der Waals surface area contributed by atoms with Gasteiger partial charge in [0.25, 0.3) is 11.1 Å².